The molecule has 0 saturated heterocycles. The van der Waals surface area contributed by atoms with Gasteiger partial charge in [-0.05, 0) is 30.8 Å². The molecule has 0 bridgehead atoms. The maximum Gasteiger partial charge on any atom is 0.123 e. The van der Waals surface area contributed by atoms with E-state index in [-0.39, 0.29) is 6.04 Å². The van der Waals surface area contributed by atoms with Gasteiger partial charge in [-0.2, -0.15) is 5.26 Å². The summed E-state index contributed by atoms with van der Waals surface area (Å²) >= 11 is 5.91. The maximum absolute atomic E-state index is 9.17. The van der Waals surface area contributed by atoms with Crippen LogP contribution in [0.5, 0.6) is 0 Å². The Hall–Kier alpha value is -1.04. The Morgan fingerprint density at radius 3 is 2.53 bits per heavy atom. The van der Waals surface area contributed by atoms with Crippen molar-refractivity contribution in [1.82, 2.24) is 4.90 Å². The van der Waals surface area contributed by atoms with Crippen molar-refractivity contribution in [2.24, 2.45) is 0 Å². The zero-order valence-corrected chi connectivity index (χ0v) is 9.83. The Morgan fingerprint density at radius 1 is 1.40 bits per heavy atom. The van der Waals surface area contributed by atoms with Crippen LogP contribution >= 0.6 is 11.6 Å². The van der Waals surface area contributed by atoms with E-state index in [0.29, 0.717) is 5.02 Å². The molecule has 0 aromatic heterocycles. The molecule has 1 aromatic rings. The molecule has 2 nitrogen and oxygen atoms in total. The fourth-order valence-electron chi connectivity index (χ4n) is 1.63. The van der Waals surface area contributed by atoms with Gasteiger partial charge >= 0.3 is 0 Å². The third kappa shape index (κ3) is 2.95. The molecule has 3 heteroatoms. The van der Waals surface area contributed by atoms with Gasteiger partial charge in [0.2, 0.25) is 0 Å². The number of benzene rings is 1. The molecule has 1 rings (SSSR count). The monoisotopic (exact) mass is 222 g/mol. The smallest absolute Gasteiger partial charge is 0.123 e. The van der Waals surface area contributed by atoms with E-state index in [0.717, 1.165) is 18.7 Å². The summed E-state index contributed by atoms with van der Waals surface area (Å²) < 4.78 is 0. The van der Waals surface area contributed by atoms with E-state index < -0.39 is 0 Å². The minimum Gasteiger partial charge on any atom is -0.285 e. The highest BCUT2D eigenvalue weighted by Gasteiger charge is 2.16. The zero-order chi connectivity index (χ0) is 11.3. The summed E-state index contributed by atoms with van der Waals surface area (Å²) in [5.74, 6) is 0. The van der Waals surface area contributed by atoms with Gasteiger partial charge in [0.25, 0.3) is 0 Å². The van der Waals surface area contributed by atoms with Crippen molar-refractivity contribution in [3.63, 3.8) is 0 Å². The molecule has 0 saturated carbocycles. The van der Waals surface area contributed by atoms with E-state index in [1.165, 1.54) is 0 Å². The molecular formula is C12H15ClN2. The van der Waals surface area contributed by atoms with Crippen LogP contribution in [0.2, 0.25) is 5.02 Å². The number of nitriles is 1. The Kier molecular flexibility index (Phi) is 4.61. The molecule has 80 valence electrons. The first-order chi connectivity index (χ1) is 7.22. The second-order valence-electron chi connectivity index (χ2n) is 3.31. The van der Waals surface area contributed by atoms with Crippen LogP contribution in [0.3, 0.4) is 0 Å². The van der Waals surface area contributed by atoms with Crippen molar-refractivity contribution in [2.75, 3.05) is 13.1 Å². The van der Waals surface area contributed by atoms with Gasteiger partial charge in [0.1, 0.15) is 6.04 Å². The van der Waals surface area contributed by atoms with E-state index in [1.807, 2.05) is 24.3 Å². The van der Waals surface area contributed by atoms with Gasteiger partial charge in [0.05, 0.1) is 6.07 Å². The lowest BCUT2D eigenvalue weighted by Gasteiger charge is -2.24. The fraction of sp³-hybridized carbons (Fsp3) is 0.417. The SMILES string of the molecule is CCN(CC)C(C#N)c1cccc(Cl)c1. The van der Waals surface area contributed by atoms with Gasteiger partial charge in [0.15, 0.2) is 0 Å². The minimum atomic E-state index is -0.196. The lowest BCUT2D eigenvalue weighted by atomic mass is 10.1. The van der Waals surface area contributed by atoms with E-state index in [2.05, 4.69) is 24.8 Å². The van der Waals surface area contributed by atoms with Gasteiger partial charge in [-0.3, -0.25) is 4.90 Å². The second-order valence-corrected chi connectivity index (χ2v) is 3.74. The molecule has 0 heterocycles. The number of halogens is 1. The summed E-state index contributed by atoms with van der Waals surface area (Å²) in [6.45, 7) is 5.83. The predicted octanol–water partition coefficient (Wildman–Crippen LogP) is 3.25. The van der Waals surface area contributed by atoms with Crippen molar-refractivity contribution in [1.29, 1.82) is 5.26 Å². The van der Waals surface area contributed by atoms with Crippen LogP contribution in [-0.4, -0.2) is 18.0 Å². The highest BCUT2D eigenvalue weighted by molar-refractivity contribution is 6.30. The van der Waals surface area contributed by atoms with Crippen LogP contribution in [0.4, 0.5) is 0 Å². The molecule has 0 fully saturated rings. The zero-order valence-electron chi connectivity index (χ0n) is 9.07. The summed E-state index contributed by atoms with van der Waals surface area (Å²) in [6.07, 6.45) is 0. The predicted molar refractivity (Wildman–Crippen MR) is 62.7 cm³/mol. The Bertz CT molecular complexity index is 353. The Labute approximate surface area is 96.1 Å². The highest BCUT2D eigenvalue weighted by Crippen LogP contribution is 2.22. The van der Waals surface area contributed by atoms with Crippen LogP contribution in [-0.2, 0) is 0 Å². The molecule has 15 heavy (non-hydrogen) atoms. The lowest BCUT2D eigenvalue weighted by molar-refractivity contribution is 0.262. The molecule has 1 atom stereocenters. The number of nitrogens with zero attached hydrogens (tertiary/aromatic N) is 2. The van der Waals surface area contributed by atoms with Crippen molar-refractivity contribution in [3.8, 4) is 6.07 Å². The summed E-state index contributed by atoms with van der Waals surface area (Å²) in [6, 6.07) is 9.62. The Balaban J connectivity index is 2.97. The number of hydrogen-bond donors (Lipinski definition) is 0. The first-order valence-corrected chi connectivity index (χ1v) is 5.49. The molecule has 0 spiro atoms. The first-order valence-electron chi connectivity index (χ1n) is 5.12. The normalized spacial score (nSPS) is 12.5. The van der Waals surface area contributed by atoms with Gasteiger partial charge < -0.3 is 0 Å². The summed E-state index contributed by atoms with van der Waals surface area (Å²) in [4.78, 5) is 2.10. The van der Waals surface area contributed by atoms with E-state index in [9.17, 15) is 0 Å². The number of rotatable bonds is 4. The topological polar surface area (TPSA) is 27.0 Å². The van der Waals surface area contributed by atoms with E-state index >= 15 is 0 Å². The average Bonchev–Trinajstić information content (AvgIpc) is 2.25. The standard InChI is InChI=1S/C12H15ClN2/c1-3-15(4-2)12(9-14)10-6-5-7-11(13)8-10/h5-8,12H,3-4H2,1-2H3. The second kappa shape index (κ2) is 5.75. The van der Waals surface area contributed by atoms with Crippen LogP contribution in [0.1, 0.15) is 25.5 Å². The van der Waals surface area contributed by atoms with Crippen LogP contribution in [0, 0.1) is 11.3 Å². The molecule has 1 unspecified atom stereocenters. The van der Waals surface area contributed by atoms with Gasteiger partial charge in [-0.1, -0.05) is 37.6 Å². The molecule has 0 aliphatic carbocycles. The van der Waals surface area contributed by atoms with E-state index in [1.54, 1.807) is 0 Å². The third-order valence-electron chi connectivity index (χ3n) is 2.46. The lowest BCUT2D eigenvalue weighted by Crippen LogP contribution is -2.27. The minimum absolute atomic E-state index is 0.196. The first kappa shape index (κ1) is 12.0. The van der Waals surface area contributed by atoms with Crippen LogP contribution in [0.25, 0.3) is 0 Å². The third-order valence-corrected chi connectivity index (χ3v) is 2.70. The maximum atomic E-state index is 9.17. The van der Waals surface area contributed by atoms with Crippen LogP contribution < -0.4 is 0 Å². The molecule has 0 N–H and O–H groups in total. The summed E-state index contributed by atoms with van der Waals surface area (Å²) in [7, 11) is 0. The fourth-order valence-corrected chi connectivity index (χ4v) is 1.83. The Morgan fingerprint density at radius 2 is 2.07 bits per heavy atom. The quantitative estimate of drug-likeness (QED) is 0.782. The number of hydrogen-bond acceptors (Lipinski definition) is 2. The van der Waals surface area contributed by atoms with Crippen molar-refractivity contribution < 1.29 is 0 Å². The van der Waals surface area contributed by atoms with E-state index in [4.69, 9.17) is 16.9 Å². The van der Waals surface area contributed by atoms with Crippen LogP contribution in [0.15, 0.2) is 24.3 Å². The largest absolute Gasteiger partial charge is 0.285 e. The van der Waals surface area contributed by atoms with Gasteiger partial charge in [-0.15, -0.1) is 0 Å². The van der Waals surface area contributed by atoms with Gasteiger partial charge in [-0.25, -0.2) is 0 Å². The molecule has 0 radical (unpaired) electrons. The average molecular weight is 223 g/mol. The van der Waals surface area contributed by atoms with Crippen molar-refractivity contribution in [3.05, 3.63) is 34.9 Å². The van der Waals surface area contributed by atoms with Crippen molar-refractivity contribution in [2.45, 2.75) is 19.9 Å². The molecule has 1 aromatic carbocycles. The summed E-state index contributed by atoms with van der Waals surface area (Å²) in [5.41, 5.74) is 0.966. The molecule has 0 aliphatic rings. The molecular weight excluding hydrogens is 208 g/mol. The highest BCUT2D eigenvalue weighted by atomic mass is 35.5. The van der Waals surface area contributed by atoms with Gasteiger partial charge in [0, 0.05) is 5.02 Å². The molecule has 0 amide bonds. The van der Waals surface area contributed by atoms with Crippen molar-refractivity contribution >= 4 is 11.6 Å². The summed E-state index contributed by atoms with van der Waals surface area (Å²) in [5, 5.41) is 9.85. The molecule has 0 aliphatic heterocycles.